The third kappa shape index (κ3) is 2.56. The van der Waals surface area contributed by atoms with Crippen LogP contribution in [0.25, 0.3) is 11.2 Å². The highest BCUT2D eigenvalue weighted by molar-refractivity contribution is 7.71. The van der Waals surface area contributed by atoms with Gasteiger partial charge in [0.2, 0.25) is 0 Å². The number of hydrogen-bond acceptors (Lipinski definition) is 3. The molecule has 0 aliphatic heterocycles. The van der Waals surface area contributed by atoms with E-state index in [9.17, 15) is 0 Å². The summed E-state index contributed by atoms with van der Waals surface area (Å²) >= 11 is 5.35. The van der Waals surface area contributed by atoms with Crippen molar-refractivity contribution in [1.82, 2.24) is 19.4 Å². The number of rotatable bonds is 4. The minimum Gasteiger partial charge on any atom is -0.329 e. The maximum atomic E-state index is 5.35. The van der Waals surface area contributed by atoms with Crippen molar-refractivity contribution in [2.24, 2.45) is 0 Å². The highest BCUT2D eigenvalue weighted by atomic mass is 32.1. The van der Waals surface area contributed by atoms with Gasteiger partial charge in [-0.3, -0.25) is 0 Å². The summed E-state index contributed by atoms with van der Waals surface area (Å²) in [5, 5.41) is 0. The van der Waals surface area contributed by atoms with Crippen LogP contribution in [0.4, 0.5) is 0 Å². The summed E-state index contributed by atoms with van der Waals surface area (Å²) in [6, 6.07) is 2.00. The lowest BCUT2D eigenvalue weighted by molar-refractivity contribution is 0.387. The van der Waals surface area contributed by atoms with E-state index >= 15 is 0 Å². The molecule has 0 aliphatic carbocycles. The molecule has 0 fully saturated rings. The maximum Gasteiger partial charge on any atom is 0.179 e. The molecule has 0 saturated heterocycles. The molecule has 2 aromatic rings. The van der Waals surface area contributed by atoms with E-state index in [4.69, 9.17) is 12.2 Å². The maximum absolute atomic E-state index is 5.35. The SMILES string of the molecule is Cc1ccnc2c1[nH]c(=S)n2CCCN(C)C. The normalized spacial score (nSPS) is 11.5. The van der Waals surface area contributed by atoms with Gasteiger partial charge in [-0.2, -0.15) is 0 Å². The molecule has 2 heterocycles. The zero-order chi connectivity index (χ0) is 12.4. The number of aryl methyl sites for hydroxylation is 2. The van der Waals surface area contributed by atoms with Gasteiger partial charge in [0.05, 0.1) is 5.52 Å². The van der Waals surface area contributed by atoms with Crippen LogP contribution >= 0.6 is 12.2 Å². The topological polar surface area (TPSA) is 36.9 Å². The molecule has 0 unspecified atom stereocenters. The van der Waals surface area contributed by atoms with Crippen molar-refractivity contribution >= 4 is 23.4 Å². The molecule has 0 radical (unpaired) electrons. The number of aromatic amines is 1. The second kappa shape index (κ2) is 4.98. The highest BCUT2D eigenvalue weighted by Gasteiger charge is 2.07. The number of imidazole rings is 1. The molecule has 4 nitrogen and oxygen atoms in total. The molecule has 0 atom stereocenters. The summed E-state index contributed by atoms with van der Waals surface area (Å²) in [6.07, 6.45) is 2.91. The number of aromatic nitrogens is 3. The molecule has 0 bridgehead atoms. The standard InChI is InChI=1S/C12H18N4S/c1-9-5-6-13-11-10(9)14-12(17)16(11)8-4-7-15(2)3/h5-6H,4,7-8H2,1-3H3,(H,14,17). The van der Waals surface area contributed by atoms with E-state index in [-0.39, 0.29) is 0 Å². The Hall–Kier alpha value is -1.20. The van der Waals surface area contributed by atoms with Crippen molar-refractivity contribution in [1.29, 1.82) is 0 Å². The Morgan fingerprint density at radius 1 is 1.47 bits per heavy atom. The molecule has 0 aromatic carbocycles. The summed E-state index contributed by atoms with van der Waals surface area (Å²) < 4.78 is 2.85. The van der Waals surface area contributed by atoms with Gasteiger partial charge in [0, 0.05) is 12.7 Å². The molecule has 0 saturated carbocycles. The van der Waals surface area contributed by atoms with Gasteiger partial charge in [-0.25, -0.2) is 4.98 Å². The Labute approximate surface area is 106 Å². The van der Waals surface area contributed by atoms with E-state index in [0.717, 1.165) is 35.4 Å². The Balaban J connectivity index is 2.31. The fourth-order valence-corrected chi connectivity index (χ4v) is 2.21. The summed E-state index contributed by atoms with van der Waals surface area (Å²) in [4.78, 5) is 9.82. The number of fused-ring (bicyclic) bond motifs is 1. The molecule has 5 heteroatoms. The van der Waals surface area contributed by atoms with E-state index in [1.165, 1.54) is 5.56 Å². The molecule has 2 rings (SSSR count). The first-order chi connectivity index (χ1) is 8.09. The van der Waals surface area contributed by atoms with Gasteiger partial charge in [-0.05, 0) is 57.8 Å². The lowest BCUT2D eigenvalue weighted by atomic mass is 10.3. The predicted octanol–water partition coefficient (Wildman–Crippen LogP) is 2.35. The first-order valence-electron chi connectivity index (χ1n) is 5.78. The second-order valence-electron chi connectivity index (χ2n) is 4.57. The van der Waals surface area contributed by atoms with Crippen molar-refractivity contribution in [3.8, 4) is 0 Å². The number of pyridine rings is 1. The summed E-state index contributed by atoms with van der Waals surface area (Å²) in [5.74, 6) is 0. The fourth-order valence-electron chi connectivity index (χ4n) is 1.93. The minimum atomic E-state index is 0.764. The van der Waals surface area contributed by atoms with E-state index in [1.54, 1.807) is 0 Å². The smallest absolute Gasteiger partial charge is 0.179 e. The van der Waals surface area contributed by atoms with Crippen LogP contribution in [0.1, 0.15) is 12.0 Å². The van der Waals surface area contributed by atoms with E-state index in [1.807, 2.05) is 12.3 Å². The average Bonchev–Trinajstić information content (AvgIpc) is 2.57. The van der Waals surface area contributed by atoms with Crippen LogP contribution in [-0.2, 0) is 6.54 Å². The second-order valence-corrected chi connectivity index (χ2v) is 4.95. The molecular weight excluding hydrogens is 232 g/mol. The van der Waals surface area contributed by atoms with Crippen LogP contribution in [0.2, 0.25) is 0 Å². The molecular formula is C12H18N4S. The van der Waals surface area contributed by atoms with Crippen molar-refractivity contribution in [3.63, 3.8) is 0 Å². The average molecular weight is 250 g/mol. The van der Waals surface area contributed by atoms with E-state index < -0.39 is 0 Å². The minimum absolute atomic E-state index is 0.764. The first kappa shape index (κ1) is 12.3. The molecule has 17 heavy (non-hydrogen) atoms. The molecule has 0 amide bonds. The number of nitrogens with zero attached hydrogens (tertiary/aromatic N) is 3. The summed E-state index contributed by atoms with van der Waals surface area (Å²) in [5.41, 5.74) is 3.21. The Morgan fingerprint density at radius 2 is 2.24 bits per heavy atom. The number of H-pyrrole nitrogens is 1. The number of nitrogens with one attached hydrogen (secondary N) is 1. The van der Waals surface area contributed by atoms with Crippen LogP contribution in [0, 0.1) is 11.7 Å². The zero-order valence-electron chi connectivity index (χ0n) is 10.5. The van der Waals surface area contributed by atoms with Crippen molar-refractivity contribution < 1.29 is 0 Å². The van der Waals surface area contributed by atoms with Crippen LogP contribution in [0.5, 0.6) is 0 Å². The van der Waals surface area contributed by atoms with Gasteiger partial charge in [0.15, 0.2) is 10.4 Å². The quantitative estimate of drug-likeness (QED) is 0.846. The zero-order valence-corrected chi connectivity index (χ0v) is 11.3. The fraction of sp³-hybridized carbons (Fsp3) is 0.500. The molecule has 1 N–H and O–H groups in total. The highest BCUT2D eigenvalue weighted by Crippen LogP contribution is 2.15. The lowest BCUT2D eigenvalue weighted by Gasteiger charge is -2.09. The van der Waals surface area contributed by atoms with Gasteiger partial charge in [0.25, 0.3) is 0 Å². The van der Waals surface area contributed by atoms with Crippen molar-refractivity contribution in [2.45, 2.75) is 19.9 Å². The van der Waals surface area contributed by atoms with Crippen LogP contribution in [0.3, 0.4) is 0 Å². The lowest BCUT2D eigenvalue weighted by Crippen LogP contribution is -2.15. The number of hydrogen-bond donors (Lipinski definition) is 1. The van der Waals surface area contributed by atoms with Gasteiger partial charge >= 0.3 is 0 Å². The first-order valence-corrected chi connectivity index (χ1v) is 6.19. The monoisotopic (exact) mass is 250 g/mol. The van der Waals surface area contributed by atoms with Gasteiger partial charge in [-0.15, -0.1) is 0 Å². The van der Waals surface area contributed by atoms with Gasteiger partial charge < -0.3 is 14.5 Å². The summed E-state index contributed by atoms with van der Waals surface area (Å²) in [7, 11) is 4.16. The molecule has 0 spiro atoms. The van der Waals surface area contributed by atoms with Crippen molar-refractivity contribution in [2.75, 3.05) is 20.6 Å². The molecule has 0 aliphatic rings. The van der Waals surface area contributed by atoms with Gasteiger partial charge in [-0.1, -0.05) is 0 Å². The van der Waals surface area contributed by atoms with E-state index in [0.29, 0.717) is 0 Å². The van der Waals surface area contributed by atoms with Crippen molar-refractivity contribution in [3.05, 3.63) is 22.6 Å². The third-order valence-electron chi connectivity index (χ3n) is 2.86. The Kier molecular flexibility index (Phi) is 3.59. The third-order valence-corrected chi connectivity index (χ3v) is 3.18. The largest absolute Gasteiger partial charge is 0.329 e. The van der Waals surface area contributed by atoms with E-state index in [2.05, 4.69) is 40.5 Å². The van der Waals surface area contributed by atoms with Gasteiger partial charge in [0.1, 0.15) is 0 Å². The Bertz CT molecular complexity index is 567. The van der Waals surface area contributed by atoms with Crippen LogP contribution in [-0.4, -0.2) is 40.1 Å². The van der Waals surface area contributed by atoms with Crippen LogP contribution < -0.4 is 0 Å². The summed E-state index contributed by atoms with van der Waals surface area (Å²) in [6.45, 7) is 4.03. The van der Waals surface area contributed by atoms with Crippen LogP contribution in [0.15, 0.2) is 12.3 Å². The molecule has 2 aromatic heterocycles. The molecule has 92 valence electrons. The predicted molar refractivity (Wildman–Crippen MR) is 72.8 cm³/mol. The Morgan fingerprint density at radius 3 is 2.94 bits per heavy atom.